The summed E-state index contributed by atoms with van der Waals surface area (Å²) >= 11 is 0. The van der Waals surface area contributed by atoms with Crippen LogP contribution < -0.4 is 0 Å². The molecule has 1 aliphatic heterocycles. The van der Waals surface area contributed by atoms with Crippen molar-refractivity contribution in [3.63, 3.8) is 0 Å². The molecular weight excluding hydrogens is 86.9 g/mol. The zero-order valence-electron chi connectivity index (χ0n) is 4.98. The van der Waals surface area contributed by atoms with Gasteiger partial charge in [0.25, 0.3) is 0 Å². The molecule has 7 heavy (non-hydrogen) atoms. The number of hydrogen-bond acceptors (Lipinski definition) is 1. The molecule has 0 saturated carbocycles. The molecule has 0 aromatic rings. The average molecular weight is 98.0 g/mol. The Balaban J connectivity index is 2.26. The summed E-state index contributed by atoms with van der Waals surface area (Å²) in [4.78, 5) is 0. The Kier molecular flexibility index (Phi) is 1.38. The highest BCUT2D eigenvalue weighted by molar-refractivity contribution is 6.11. The van der Waals surface area contributed by atoms with E-state index in [1.165, 1.54) is 12.8 Å². The highest BCUT2D eigenvalue weighted by Crippen LogP contribution is 2.15. The van der Waals surface area contributed by atoms with Crippen LogP contribution >= 0.6 is 0 Å². The maximum Gasteiger partial charge on any atom is 0.139 e. The molecule has 40 valence electrons. The molecule has 1 heterocycles. The molecule has 0 bridgehead atoms. The topological polar surface area (TPSA) is 9.23 Å². The molecule has 2 atom stereocenters. The Hall–Kier alpha value is 0.0249. The van der Waals surface area contributed by atoms with Gasteiger partial charge in [0.15, 0.2) is 0 Å². The SMILES string of the molecule is BC1CCC(C)O1. The predicted molar refractivity (Wildman–Crippen MR) is 32.1 cm³/mol. The largest absolute Gasteiger partial charge is 0.384 e. The second kappa shape index (κ2) is 1.87. The van der Waals surface area contributed by atoms with Crippen LogP contribution in [0.4, 0.5) is 0 Å². The minimum atomic E-state index is 0.523. The van der Waals surface area contributed by atoms with Gasteiger partial charge in [0, 0.05) is 6.00 Å². The monoisotopic (exact) mass is 98.1 g/mol. The van der Waals surface area contributed by atoms with Gasteiger partial charge in [-0.2, -0.15) is 0 Å². The van der Waals surface area contributed by atoms with E-state index < -0.39 is 0 Å². The molecule has 0 spiro atoms. The smallest absolute Gasteiger partial charge is 0.139 e. The molecule has 0 radical (unpaired) electrons. The van der Waals surface area contributed by atoms with Gasteiger partial charge in [-0.3, -0.25) is 0 Å². The minimum absolute atomic E-state index is 0.523. The van der Waals surface area contributed by atoms with Crippen LogP contribution in [-0.4, -0.2) is 20.0 Å². The van der Waals surface area contributed by atoms with Crippen LogP contribution in [0.5, 0.6) is 0 Å². The first-order valence-corrected chi connectivity index (χ1v) is 2.94. The summed E-state index contributed by atoms with van der Waals surface area (Å²) in [5, 5.41) is 0. The molecule has 1 saturated heterocycles. The maximum atomic E-state index is 5.36. The van der Waals surface area contributed by atoms with Crippen molar-refractivity contribution in [3.05, 3.63) is 0 Å². The van der Waals surface area contributed by atoms with Crippen LogP contribution in [-0.2, 0) is 4.74 Å². The summed E-state index contributed by atoms with van der Waals surface area (Å²) in [5.41, 5.74) is 0. The van der Waals surface area contributed by atoms with Crippen molar-refractivity contribution in [1.29, 1.82) is 0 Å². The molecule has 1 rings (SSSR count). The van der Waals surface area contributed by atoms with Crippen molar-refractivity contribution >= 4 is 7.85 Å². The van der Waals surface area contributed by atoms with E-state index in [1.54, 1.807) is 0 Å². The fraction of sp³-hybridized carbons (Fsp3) is 1.00. The first-order chi connectivity index (χ1) is 3.29. The van der Waals surface area contributed by atoms with Crippen molar-refractivity contribution in [2.75, 3.05) is 0 Å². The van der Waals surface area contributed by atoms with Crippen molar-refractivity contribution in [1.82, 2.24) is 0 Å². The molecule has 1 fully saturated rings. The lowest BCUT2D eigenvalue weighted by molar-refractivity contribution is 0.101. The predicted octanol–water partition coefficient (Wildman–Crippen LogP) is 0.144. The van der Waals surface area contributed by atoms with E-state index in [4.69, 9.17) is 4.74 Å². The quantitative estimate of drug-likeness (QED) is 0.391. The van der Waals surface area contributed by atoms with Crippen LogP contribution in [0.2, 0.25) is 0 Å². The van der Waals surface area contributed by atoms with E-state index in [0.717, 1.165) is 0 Å². The van der Waals surface area contributed by atoms with E-state index in [9.17, 15) is 0 Å². The normalized spacial score (nSPS) is 41.9. The van der Waals surface area contributed by atoms with E-state index >= 15 is 0 Å². The van der Waals surface area contributed by atoms with Crippen molar-refractivity contribution in [2.45, 2.75) is 31.9 Å². The van der Waals surface area contributed by atoms with Crippen LogP contribution in [0.1, 0.15) is 19.8 Å². The maximum absolute atomic E-state index is 5.36. The lowest BCUT2D eigenvalue weighted by atomic mass is 9.97. The summed E-state index contributed by atoms with van der Waals surface area (Å²) in [5.74, 6) is 0. The first-order valence-electron chi connectivity index (χ1n) is 2.94. The van der Waals surface area contributed by atoms with E-state index in [-0.39, 0.29) is 0 Å². The molecule has 0 N–H and O–H groups in total. The summed E-state index contributed by atoms with van der Waals surface area (Å²) < 4.78 is 5.36. The lowest BCUT2D eigenvalue weighted by Gasteiger charge is -2.01. The molecule has 0 amide bonds. The summed E-state index contributed by atoms with van der Waals surface area (Å²) in [6, 6.07) is 0.523. The first kappa shape index (κ1) is 5.17. The van der Waals surface area contributed by atoms with Crippen LogP contribution in [0.15, 0.2) is 0 Å². The second-order valence-corrected chi connectivity index (χ2v) is 2.33. The van der Waals surface area contributed by atoms with Gasteiger partial charge in [-0.25, -0.2) is 0 Å². The molecule has 2 heteroatoms. The molecule has 0 aromatic heterocycles. The van der Waals surface area contributed by atoms with E-state index in [0.29, 0.717) is 12.1 Å². The third-order valence-corrected chi connectivity index (χ3v) is 1.44. The van der Waals surface area contributed by atoms with Crippen LogP contribution in [0, 0.1) is 0 Å². The minimum Gasteiger partial charge on any atom is -0.384 e. The Bertz CT molecular complexity index is 57.1. The van der Waals surface area contributed by atoms with E-state index in [2.05, 4.69) is 14.8 Å². The molecule has 1 nitrogen and oxygen atoms in total. The molecule has 0 aliphatic carbocycles. The Morgan fingerprint density at radius 3 is 2.43 bits per heavy atom. The molecule has 0 aromatic carbocycles. The zero-order chi connectivity index (χ0) is 5.28. The zero-order valence-corrected chi connectivity index (χ0v) is 4.98. The van der Waals surface area contributed by atoms with Gasteiger partial charge >= 0.3 is 0 Å². The summed E-state index contributed by atoms with van der Waals surface area (Å²) in [7, 11) is 2.13. The van der Waals surface area contributed by atoms with Gasteiger partial charge < -0.3 is 4.74 Å². The third-order valence-electron chi connectivity index (χ3n) is 1.44. The van der Waals surface area contributed by atoms with Gasteiger partial charge in [0.05, 0.1) is 6.10 Å². The Morgan fingerprint density at radius 1 is 1.57 bits per heavy atom. The number of ether oxygens (including phenoxy) is 1. The fourth-order valence-electron chi connectivity index (χ4n) is 1.00. The van der Waals surface area contributed by atoms with Gasteiger partial charge in [-0.15, -0.1) is 0 Å². The van der Waals surface area contributed by atoms with Crippen LogP contribution in [0.25, 0.3) is 0 Å². The highest BCUT2D eigenvalue weighted by Gasteiger charge is 2.16. The van der Waals surface area contributed by atoms with E-state index in [1.807, 2.05) is 0 Å². The Labute approximate surface area is 45.5 Å². The van der Waals surface area contributed by atoms with Crippen molar-refractivity contribution in [2.24, 2.45) is 0 Å². The number of hydrogen-bond donors (Lipinski definition) is 0. The lowest BCUT2D eigenvalue weighted by Crippen LogP contribution is -2.06. The average Bonchev–Trinajstić information content (AvgIpc) is 1.87. The molecular formula is C5H11BO. The number of rotatable bonds is 0. The Morgan fingerprint density at radius 2 is 2.29 bits per heavy atom. The van der Waals surface area contributed by atoms with Gasteiger partial charge in [0.1, 0.15) is 7.85 Å². The summed E-state index contributed by atoms with van der Waals surface area (Å²) in [6.07, 6.45) is 3.03. The standard InChI is InChI=1S/C5H11BO/c1-4-2-3-5(6)7-4/h4-5H,2-3,6H2,1H3. The summed E-state index contributed by atoms with van der Waals surface area (Å²) in [6.45, 7) is 2.13. The second-order valence-electron chi connectivity index (χ2n) is 2.33. The third kappa shape index (κ3) is 1.20. The molecule has 1 aliphatic rings. The van der Waals surface area contributed by atoms with Gasteiger partial charge in [0.2, 0.25) is 0 Å². The van der Waals surface area contributed by atoms with Crippen LogP contribution in [0.3, 0.4) is 0 Å². The fourth-order valence-corrected chi connectivity index (χ4v) is 1.00. The highest BCUT2D eigenvalue weighted by atomic mass is 16.5. The molecule has 2 unspecified atom stereocenters. The van der Waals surface area contributed by atoms with Gasteiger partial charge in [-0.1, -0.05) is 0 Å². The van der Waals surface area contributed by atoms with Gasteiger partial charge in [-0.05, 0) is 19.8 Å². The van der Waals surface area contributed by atoms with Crippen molar-refractivity contribution in [3.8, 4) is 0 Å². The van der Waals surface area contributed by atoms with Crippen molar-refractivity contribution < 1.29 is 4.74 Å².